The molecule has 22 heavy (non-hydrogen) atoms. The second kappa shape index (κ2) is 14.5. The highest BCUT2D eigenvalue weighted by Crippen LogP contribution is 2.25. The van der Waals surface area contributed by atoms with Gasteiger partial charge in [0.15, 0.2) is 0 Å². The van der Waals surface area contributed by atoms with Gasteiger partial charge in [-0.2, -0.15) is 0 Å². The normalized spacial score (nSPS) is 25.0. The van der Waals surface area contributed by atoms with Crippen molar-refractivity contribution in [2.45, 2.75) is 110 Å². The molecular formula is C21H43N. The molecule has 0 aromatic heterocycles. The molecule has 1 atom stereocenters. The Hall–Kier alpha value is -0.0400. The van der Waals surface area contributed by atoms with Crippen LogP contribution in [0.5, 0.6) is 0 Å². The van der Waals surface area contributed by atoms with E-state index in [4.69, 9.17) is 0 Å². The summed E-state index contributed by atoms with van der Waals surface area (Å²) in [6, 6.07) is 0. The van der Waals surface area contributed by atoms with Crippen LogP contribution in [0.1, 0.15) is 110 Å². The van der Waals surface area contributed by atoms with E-state index in [1.165, 1.54) is 109 Å². The minimum absolute atomic E-state index is 0.886. The van der Waals surface area contributed by atoms with Crippen molar-refractivity contribution in [3.05, 3.63) is 0 Å². The molecule has 1 heteroatoms. The topological polar surface area (TPSA) is 12.0 Å². The summed E-state index contributed by atoms with van der Waals surface area (Å²) in [7, 11) is 0. The average Bonchev–Trinajstić information content (AvgIpc) is 2.50. The van der Waals surface area contributed by atoms with Gasteiger partial charge in [-0.1, -0.05) is 97.3 Å². The molecule has 132 valence electrons. The second-order valence-electron chi connectivity index (χ2n) is 8.05. The summed E-state index contributed by atoms with van der Waals surface area (Å²) in [6.07, 6.45) is 21.9. The highest BCUT2D eigenvalue weighted by molar-refractivity contribution is 4.63. The number of nitrogens with one attached hydrogen (secondary N) is 1. The van der Waals surface area contributed by atoms with Crippen LogP contribution in [0.3, 0.4) is 0 Å². The van der Waals surface area contributed by atoms with Gasteiger partial charge in [-0.05, 0) is 37.8 Å². The maximum Gasteiger partial charge on any atom is -0.00489 e. The minimum atomic E-state index is 0.886. The van der Waals surface area contributed by atoms with Crippen molar-refractivity contribution in [3.8, 4) is 0 Å². The third-order valence-electron chi connectivity index (χ3n) is 5.33. The third kappa shape index (κ3) is 12.5. The maximum absolute atomic E-state index is 3.61. The van der Waals surface area contributed by atoms with Crippen LogP contribution >= 0.6 is 0 Å². The van der Waals surface area contributed by atoms with E-state index in [1.54, 1.807) is 0 Å². The number of hydrogen-bond donors (Lipinski definition) is 1. The van der Waals surface area contributed by atoms with Crippen molar-refractivity contribution in [1.82, 2.24) is 5.32 Å². The number of hydrogen-bond acceptors (Lipinski definition) is 1. The summed E-state index contributed by atoms with van der Waals surface area (Å²) in [5, 5.41) is 3.61. The van der Waals surface area contributed by atoms with Crippen molar-refractivity contribution in [2.24, 2.45) is 11.8 Å². The van der Waals surface area contributed by atoms with Gasteiger partial charge in [0, 0.05) is 0 Å². The summed E-state index contributed by atoms with van der Waals surface area (Å²) >= 11 is 0. The fourth-order valence-electron chi connectivity index (χ4n) is 3.73. The average molecular weight is 310 g/mol. The van der Waals surface area contributed by atoms with E-state index >= 15 is 0 Å². The predicted octanol–water partition coefficient (Wildman–Crippen LogP) is 6.71. The lowest BCUT2D eigenvalue weighted by molar-refractivity contribution is 0.352. The molecule has 1 aliphatic heterocycles. The van der Waals surface area contributed by atoms with Gasteiger partial charge in [0.2, 0.25) is 0 Å². The highest BCUT2D eigenvalue weighted by Gasteiger charge is 2.09. The van der Waals surface area contributed by atoms with Gasteiger partial charge in [-0.25, -0.2) is 0 Å². The van der Waals surface area contributed by atoms with E-state index in [2.05, 4.69) is 19.2 Å². The van der Waals surface area contributed by atoms with Crippen LogP contribution in [-0.2, 0) is 0 Å². The molecule has 0 aromatic carbocycles. The molecular weight excluding hydrogens is 266 g/mol. The fraction of sp³-hybridized carbons (Fsp3) is 1.00. The van der Waals surface area contributed by atoms with Gasteiger partial charge in [0.25, 0.3) is 0 Å². The molecule has 0 aromatic rings. The molecule has 1 rings (SSSR count). The lowest BCUT2D eigenvalue weighted by atomic mass is 9.88. The van der Waals surface area contributed by atoms with Crippen molar-refractivity contribution in [2.75, 3.05) is 13.1 Å². The van der Waals surface area contributed by atoms with Gasteiger partial charge in [0.05, 0.1) is 0 Å². The molecule has 0 saturated carbocycles. The molecule has 1 heterocycles. The Kier molecular flexibility index (Phi) is 13.2. The van der Waals surface area contributed by atoms with Crippen LogP contribution in [0.2, 0.25) is 0 Å². The molecule has 1 unspecified atom stereocenters. The van der Waals surface area contributed by atoms with Crippen molar-refractivity contribution < 1.29 is 0 Å². The lowest BCUT2D eigenvalue weighted by Crippen LogP contribution is -2.16. The first-order valence-corrected chi connectivity index (χ1v) is 10.5. The molecule has 1 aliphatic rings. The van der Waals surface area contributed by atoms with Gasteiger partial charge >= 0.3 is 0 Å². The van der Waals surface area contributed by atoms with E-state index in [-0.39, 0.29) is 0 Å². The van der Waals surface area contributed by atoms with Crippen LogP contribution in [-0.4, -0.2) is 13.1 Å². The lowest BCUT2D eigenvalue weighted by Gasteiger charge is -2.18. The summed E-state index contributed by atoms with van der Waals surface area (Å²) in [4.78, 5) is 0. The van der Waals surface area contributed by atoms with Crippen molar-refractivity contribution in [1.29, 1.82) is 0 Å². The summed E-state index contributed by atoms with van der Waals surface area (Å²) in [5.74, 6) is 1.91. The Balaban J connectivity index is 2.24. The standard InChI is InChI=1S/C21H43N/c1-20(2)16-17-21-14-10-6-3-4-8-12-18-22-19-13-9-5-7-11-15-21/h20-22H,3-19H2,1-2H3. The molecule has 0 aliphatic carbocycles. The third-order valence-corrected chi connectivity index (χ3v) is 5.33. The molecule has 0 radical (unpaired) electrons. The van der Waals surface area contributed by atoms with E-state index in [1.807, 2.05) is 0 Å². The molecule has 0 amide bonds. The van der Waals surface area contributed by atoms with E-state index in [9.17, 15) is 0 Å². The molecule has 1 nitrogen and oxygen atoms in total. The van der Waals surface area contributed by atoms with Crippen LogP contribution in [0.4, 0.5) is 0 Å². The van der Waals surface area contributed by atoms with E-state index in [0.29, 0.717) is 0 Å². The maximum atomic E-state index is 3.61. The summed E-state index contributed by atoms with van der Waals surface area (Å²) in [6.45, 7) is 7.26. The first-order chi connectivity index (χ1) is 10.8. The Labute approximate surface area is 141 Å². The molecule has 0 bridgehead atoms. The van der Waals surface area contributed by atoms with Crippen molar-refractivity contribution >= 4 is 0 Å². The monoisotopic (exact) mass is 309 g/mol. The molecule has 1 fully saturated rings. The van der Waals surface area contributed by atoms with E-state index < -0.39 is 0 Å². The SMILES string of the molecule is CC(C)CCC1CCCCCCCCNCCCCCCC1. The first-order valence-electron chi connectivity index (χ1n) is 10.5. The Morgan fingerprint density at radius 3 is 1.64 bits per heavy atom. The Morgan fingerprint density at radius 1 is 0.682 bits per heavy atom. The van der Waals surface area contributed by atoms with Crippen LogP contribution in [0.25, 0.3) is 0 Å². The zero-order chi connectivity index (χ0) is 15.9. The summed E-state index contributed by atoms with van der Waals surface area (Å²) < 4.78 is 0. The quantitative estimate of drug-likeness (QED) is 0.610. The largest absolute Gasteiger partial charge is 0.317 e. The van der Waals surface area contributed by atoms with E-state index in [0.717, 1.165) is 11.8 Å². The van der Waals surface area contributed by atoms with Gasteiger partial charge in [0.1, 0.15) is 0 Å². The molecule has 1 saturated heterocycles. The van der Waals surface area contributed by atoms with Crippen molar-refractivity contribution in [3.63, 3.8) is 0 Å². The highest BCUT2D eigenvalue weighted by atomic mass is 14.8. The van der Waals surface area contributed by atoms with Crippen LogP contribution < -0.4 is 5.32 Å². The zero-order valence-electron chi connectivity index (χ0n) is 15.7. The Bertz CT molecular complexity index is 206. The number of rotatable bonds is 3. The van der Waals surface area contributed by atoms with Gasteiger partial charge in [-0.15, -0.1) is 0 Å². The zero-order valence-corrected chi connectivity index (χ0v) is 15.7. The molecule has 0 spiro atoms. The predicted molar refractivity (Wildman–Crippen MR) is 100 cm³/mol. The first kappa shape index (κ1) is 20.0. The van der Waals surface area contributed by atoms with Gasteiger partial charge in [-0.3, -0.25) is 0 Å². The second-order valence-corrected chi connectivity index (χ2v) is 8.05. The Morgan fingerprint density at radius 2 is 1.14 bits per heavy atom. The summed E-state index contributed by atoms with van der Waals surface area (Å²) in [5.41, 5.74) is 0. The van der Waals surface area contributed by atoms with Gasteiger partial charge < -0.3 is 5.32 Å². The molecule has 1 N–H and O–H groups in total. The smallest absolute Gasteiger partial charge is 0.00489 e. The minimum Gasteiger partial charge on any atom is -0.317 e. The fourth-order valence-corrected chi connectivity index (χ4v) is 3.73. The van der Waals surface area contributed by atoms with Crippen LogP contribution in [0.15, 0.2) is 0 Å². The van der Waals surface area contributed by atoms with Crippen LogP contribution in [0, 0.1) is 11.8 Å².